The molecule has 2 N–H and O–H groups in total. The van der Waals surface area contributed by atoms with E-state index in [1.165, 1.54) is 25.3 Å². The van der Waals surface area contributed by atoms with Gasteiger partial charge in [0, 0.05) is 22.2 Å². The van der Waals surface area contributed by atoms with E-state index in [4.69, 9.17) is 9.15 Å². The van der Waals surface area contributed by atoms with Crippen molar-refractivity contribution in [2.24, 2.45) is 0 Å². The molecule has 0 bridgehead atoms. The molecule has 0 saturated heterocycles. The number of halogens is 1. The number of hydrogen-bond donors (Lipinski definition) is 2. The second-order valence-electron chi connectivity index (χ2n) is 7.75. The Labute approximate surface area is 190 Å². The molecule has 2 amide bonds. The predicted molar refractivity (Wildman–Crippen MR) is 125 cm³/mol. The summed E-state index contributed by atoms with van der Waals surface area (Å²) >= 11 is 0. The van der Waals surface area contributed by atoms with Crippen molar-refractivity contribution >= 4 is 34.2 Å². The quantitative estimate of drug-likeness (QED) is 0.402. The lowest BCUT2D eigenvalue weighted by molar-refractivity contribution is -0.115. The number of hydrogen-bond acceptors (Lipinski definition) is 4. The van der Waals surface area contributed by atoms with Crippen LogP contribution in [0, 0.1) is 19.7 Å². The zero-order valence-corrected chi connectivity index (χ0v) is 18.5. The number of nitrogens with one attached hydrogen (secondary N) is 2. The van der Waals surface area contributed by atoms with Crippen LogP contribution in [0.3, 0.4) is 0 Å². The summed E-state index contributed by atoms with van der Waals surface area (Å²) in [6.07, 6.45) is 1.74. The van der Waals surface area contributed by atoms with E-state index in [1.807, 2.05) is 26.0 Å². The smallest absolute Gasteiger partial charge is 0.255 e. The topological polar surface area (TPSA) is 80.6 Å². The lowest BCUT2D eigenvalue weighted by Gasteiger charge is -2.13. The number of amides is 2. The normalized spacial score (nSPS) is 10.8. The van der Waals surface area contributed by atoms with E-state index in [2.05, 4.69) is 10.6 Å². The first-order chi connectivity index (χ1) is 15.9. The van der Waals surface area contributed by atoms with Gasteiger partial charge in [-0.25, -0.2) is 4.39 Å². The molecule has 0 radical (unpaired) electrons. The van der Waals surface area contributed by atoms with E-state index in [1.54, 1.807) is 24.5 Å². The number of carbonyl (C=O) groups excluding carboxylic acids is 2. The van der Waals surface area contributed by atoms with E-state index in [9.17, 15) is 14.0 Å². The zero-order valence-electron chi connectivity index (χ0n) is 18.5. The Morgan fingerprint density at radius 2 is 1.85 bits per heavy atom. The summed E-state index contributed by atoms with van der Waals surface area (Å²) in [5.74, 6) is -0.826. The third-order valence-corrected chi connectivity index (χ3v) is 5.51. The van der Waals surface area contributed by atoms with Gasteiger partial charge < -0.3 is 19.8 Å². The first kappa shape index (κ1) is 22.1. The molecule has 4 aromatic rings. The van der Waals surface area contributed by atoms with Crippen LogP contribution in [0.2, 0.25) is 0 Å². The van der Waals surface area contributed by atoms with Crippen molar-refractivity contribution in [3.05, 3.63) is 88.9 Å². The van der Waals surface area contributed by atoms with E-state index in [0.29, 0.717) is 17.1 Å². The summed E-state index contributed by atoms with van der Waals surface area (Å²) in [6.45, 7) is 4.00. The molecular weight excluding hydrogens is 423 g/mol. The summed E-state index contributed by atoms with van der Waals surface area (Å²) in [6, 6.07) is 14.2. The molecule has 1 heterocycles. The van der Waals surface area contributed by atoms with Crippen molar-refractivity contribution in [2.45, 2.75) is 20.3 Å². The van der Waals surface area contributed by atoms with Gasteiger partial charge in [-0.3, -0.25) is 9.59 Å². The van der Waals surface area contributed by atoms with E-state index in [0.717, 1.165) is 33.7 Å². The lowest BCUT2D eigenvalue weighted by atomic mass is 10.0. The number of methoxy groups -OCH3 is 1. The van der Waals surface area contributed by atoms with Crippen molar-refractivity contribution in [1.29, 1.82) is 0 Å². The average Bonchev–Trinajstić information content (AvgIpc) is 3.19. The highest BCUT2D eigenvalue weighted by Crippen LogP contribution is 2.30. The van der Waals surface area contributed by atoms with Gasteiger partial charge in [0.15, 0.2) is 0 Å². The van der Waals surface area contributed by atoms with Gasteiger partial charge in [0.25, 0.3) is 5.91 Å². The molecular formula is C26H23FN2O4. The Morgan fingerprint density at radius 3 is 2.61 bits per heavy atom. The fourth-order valence-electron chi connectivity index (χ4n) is 3.61. The fourth-order valence-corrected chi connectivity index (χ4v) is 3.61. The number of rotatable bonds is 6. The van der Waals surface area contributed by atoms with E-state index < -0.39 is 11.7 Å². The minimum absolute atomic E-state index is 0.131. The molecule has 0 spiro atoms. The van der Waals surface area contributed by atoms with Crippen LogP contribution in [0.1, 0.15) is 27.0 Å². The largest absolute Gasteiger partial charge is 0.495 e. The van der Waals surface area contributed by atoms with Crippen LogP contribution in [0.25, 0.3) is 11.0 Å². The Kier molecular flexibility index (Phi) is 6.13. The minimum atomic E-state index is -0.507. The highest BCUT2D eigenvalue weighted by molar-refractivity contribution is 6.05. The molecule has 0 atom stereocenters. The summed E-state index contributed by atoms with van der Waals surface area (Å²) in [4.78, 5) is 25.2. The van der Waals surface area contributed by atoms with Gasteiger partial charge in [0.2, 0.25) is 5.91 Å². The lowest BCUT2D eigenvalue weighted by Crippen LogP contribution is -2.16. The molecule has 0 aliphatic carbocycles. The number of benzene rings is 3. The summed E-state index contributed by atoms with van der Waals surface area (Å²) in [5, 5.41) is 6.45. The first-order valence-corrected chi connectivity index (χ1v) is 10.4. The number of fused-ring (bicyclic) bond motifs is 1. The van der Waals surface area contributed by atoms with Crippen LogP contribution in [-0.4, -0.2) is 18.9 Å². The van der Waals surface area contributed by atoms with Crippen LogP contribution < -0.4 is 15.4 Å². The minimum Gasteiger partial charge on any atom is -0.495 e. The molecule has 0 saturated carbocycles. The third kappa shape index (κ3) is 4.72. The highest BCUT2D eigenvalue weighted by Gasteiger charge is 2.15. The zero-order chi connectivity index (χ0) is 23.5. The second kappa shape index (κ2) is 9.16. The standard InChI is InChI=1S/C26H23FN2O4/c1-15-7-9-21-18(14-33-25(21)16(15)2)12-24(30)28-20-8-10-23(32-3)22(13-20)29-26(31)17-5-4-6-19(27)11-17/h4-11,13-14H,12H2,1-3H3,(H,28,30)(H,29,31). The van der Waals surface area contributed by atoms with Crippen LogP contribution in [-0.2, 0) is 11.2 Å². The van der Waals surface area contributed by atoms with Crippen molar-refractivity contribution in [1.82, 2.24) is 0 Å². The third-order valence-electron chi connectivity index (χ3n) is 5.51. The molecule has 33 heavy (non-hydrogen) atoms. The molecule has 168 valence electrons. The molecule has 0 fully saturated rings. The van der Waals surface area contributed by atoms with Gasteiger partial charge in [-0.1, -0.05) is 18.2 Å². The average molecular weight is 446 g/mol. The van der Waals surface area contributed by atoms with Gasteiger partial charge >= 0.3 is 0 Å². The Morgan fingerprint density at radius 1 is 1.03 bits per heavy atom. The van der Waals surface area contributed by atoms with Gasteiger partial charge in [0.05, 0.1) is 25.5 Å². The number of ether oxygens (including phenoxy) is 1. The van der Waals surface area contributed by atoms with Crippen molar-refractivity contribution in [3.8, 4) is 5.75 Å². The monoisotopic (exact) mass is 446 g/mol. The van der Waals surface area contributed by atoms with Crippen LogP contribution >= 0.6 is 0 Å². The maximum atomic E-state index is 13.5. The molecule has 6 nitrogen and oxygen atoms in total. The molecule has 0 aliphatic heterocycles. The molecule has 3 aromatic carbocycles. The van der Waals surface area contributed by atoms with Crippen LogP contribution in [0.4, 0.5) is 15.8 Å². The Balaban J connectivity index is 1.51. The molecule has 7 heteroatoms. The van der Waals surface area contributed by atoms with Crippen molar-refractivity contribution < 1.29 is 23.1 Å². The number of aryl methyl sites for hydroxylation is 2. The SMILES string of the molecule is COc1ccc(NC(=O)Cc2coc3c(C)c(C)ccc23)cc1NC(=O)c1cccc(F)c1. The van der Waals surface area contributed by atoms with Crippen LogP contribution in [0.15, 0.2) is 65.3 Å². The maximum absolute atomic E-state index is 13.5. The summed E-state index contributed by atoms with van der Waals surface area (Å²) in [7, 11) is 1.47. The van der Waals surface area contributed by atoms with Gasteiger partial charge in [-0.05, 0) is 61.4 Å². The molecule has 0 unspecified atom stereocenters. The molecule has 1 aromatic heterocycles. The number of carbonyl (C=O) groups is 2. The first-order valence-electron chi connectivity index (χ1n) is 10.4. The van der Waals surface area contributed by atoms with Gasteiger partial charge in [0.1, 0.15) is 17.1 Å². The number of furan rings is 1. The molecule has 4 rings (SSSR count). The summed E-state index contributed by atoms with van der Waals surface area (Å²) < 4.78 is 24.4. The van der Waals surface area contributed by atoms with Crippen molar-refractivity contribution in [3.63, 3.8) is 0 Å². The van der Waals surface area contributed by atoms with E-state index >= 15 is 0 Å². The second-order valence-corrected chi connectivity index (χ2v) is 7.75. The Bertz CT molecular complexity index is 1360. The predicted octanol–water partition coefficient (Wildman–Crippen LogP) is 5.63. The molecule has 0 aliphatic rings. The van der Waals surface area contributed by atoms with Gasteiger partial charge in [-0.2, -0.15) is 0 Å². The maximum Gasteiger partial charge on any atom is 0.255 e. The fraction of sp³-hybridized carbons (Fsp3) is 0.154. The van der Waals surface area contributed by atoms with E-state index in [-0.39, 0.29) is 17.9 Å². The Hall–Kier alpha value is -4.13. The van der Waals surface area contributed by atoms with Gasteiger partial charge in [-0.15, -0.1) is 0 Å². The van der Waals surface area contributed by atoms with Crippen LogP contribution in [0.5, 0.6) is 5.75 Å². The summed E-state index contributed by atoms with van der Waals surface area (Å²) in [5.41, 5.74) is 4.75. The number of anilines is 2. The highest BCUT2D eigenvalue weighted by atomic mass is 19.1. The van der Waals surface area contributed by atoms with Crippen molar-refractivity contribution in [2.75, 3.05) is 17.7 Å².